The van der Waals surface area contributed by atoms with Gasteiger partial charge in [0.25, 0.3) is 0 Å². The largest absolute Gasteiger partial charge is 0.389 e. The average molecular weight is 303 g/mol. The summed E-state index contributed by atoms with van der Waals surface area (Å²) < 4.78 is 16.0. The molecule has 3 rings (SSSR count). The van der Waals surface area contributed by atoms with Crippen molar-refractivity contribution in [1.82, 2.24) is 19.2 Å². The fraction of sp³-hybridized carbons (Fsp3) is 0.0769. The van der Waals surface area contributed by atoms with Gasteiger partial charge in [-0.25, -0.2) is 18.3 Å². The van der Waals surface area contributed by atoms with Gasteiger partial charge in [-0.2, -0.15) is 0 Å². The number of hydrogen-bond donors (Lipinski definition) is 1. The van der Waals surface area contributed by atoms with Gasteiger partial charge in [0.2, 0.25) is 0 Å². The van der Waals surface area contributed by atoms with Crippen LogP contribution in [0.2, 0.25) is 0 Å². The number of fused-ring (bicyclic) bond motifs is 1. The lowest BCUT2D eigenvalue weighted by molar-refractivity contribution is 0.615. The van der Waals surface area contributed by atoms with E-state index in [4.69, 9.17) is 18.0 Å². The Kier molecular flexibility index (Phi) is 3.22. The Morgan fingerprint density at radius 2 is 2.24 bits per heavy atom. The van der Waals surface area contributed by atoms with E-state index in [1.807, 2.05) is 0 Å². The fourth-order valence-electron chi connectivity index (χ4n) is 2.08. The average Bonchev–Trinajstić information content (AvgIpc) is 2.76. The van der Waals surface area contributed by atoms with E-state index in [0.29, 0.717) is 16.8 Å². The number of nitrogens with zero attached hydrogens (tertiary/aromatic N) is 4. The number of halogens is 1. The Morgan fingerprint density at radius 1 is 1.43 bits per heavy atom. The summed E-state index contributed by atoms with van der Waals surface area (Å²) in [5.41, 5.74) is 6.71. The maximum absolute atomic E-state index is 13.4. The molecule has 0 amide bonds. The summed E-state index contributed by atoms with van der Waals surface area (Å²) in [5, 5.41) is 4.14. The van der Waals surface area contributed by atoms with Gasteiger partial charge in [0.15, 0.2) is 5.65 Å². The predicted molar refractivity (Wildman–Crippen MR) is 78.6 cm³/mol. The first kappa shape index (κ1) is 13.4. The van der Waals surface area contributed by atoms with Gasteiger partial charge < -0.3 is 5.73 Å². The summed E-state index contributed by atoms with van der Waals surface area (Å²) in [6.45, 7) is 0.0744. The van der Waals surface area contributed by atoms with Crippen molar-refractivity contribution in [3.05, 3.63) is 64.2 Å². The lowest BCUT2D eigenvalue weighted by atomic mass is 10.1. The number of aromatic nitrogens is 4. The molecule has 3 aromatic rings. The number of benzene rings is 1. The summed E-state index contributed by atoms with van der Waals surface area (Å²) >= 11 is 4.94. The first-order valence-electron chi connectivity index (χ1n) is 6.03. The van der Waals surface area contributed by atoms with Crippen LogP contribution in [-0.2, 0) is 6.54 Å². The monoisotopic (exact) mass is 303 g/mol. The van der Waals surface area contributed by atoms with Gasteiger partial charge in [0, 0.05) is 18.0 Å². The van der Waals surface area contributed by atoms with Crippen LogP contribution in [0, 0.1) is 5.82 Å². The van der Waals surface area contributed by atoms with Crippen LogP contribution >= 0.6 is 12.2 Å². The molecule has 0 fully saturated rings. The Morgan fingerprint density at radius 3 is 2.95 bits per heavy atom. The van der Waals surface area contributed by atoms with E-state index >= 15 is 0 Å². The van der Waals surface area contributed by atoms with Gasteiger partial charge in [-0.05, 0) is 23.8 Å². The van der Waals surface area contributed by atoms with E-state index in [2.05, 4.69) is 10.1 Å². The van der Waals surface area contributed by atoms with Crippen LogP contribution < -0.4 is 11.4 Å². The number of thiocarbonyl (C=S) groups is 1. The van der Waals surface area contributed by atoms with Crippen molar-refractivity contribution >= 4 is 22.9 Å². The molecule has 0 saturated heterocycles. The quantitative estimate of drug-likeness (QED) is 0.721. The van der Waals surface area contributed by atoms with E-state index in [1.165, 1.54) is 45.9 Å². The molecule has 0 unspecified atom stereocenters. The van der Waals surface area contributed by atoms with Crippen LogP contribution in [0.1, 0.15) is 11.1 Å². The molecule has 0 aliphatic carbocycles. The number of hydrogen-bond acceptors (Lipinski definition) is 4. The Labute approximate surface area is 123 Å². The smallest absolute Gasteiger partial charge is 0.350 e. The summed E-state index contributed by atoms with van der Waals surface area (Å²) in [5.74, 6) is -0.427. The van der Waals surface area contributed by atoms with Crippen molar-refractivity contribution in [2.24, 2.45) is 5.73 Å². The standard InChI is InChI=1S/C13H10FN5OS/c14-9-1-2-10(12(15)21)8(5-9)7-19-13(20)18-4-3-16-6-11(18)17-19/h1-6H,7H2,(H2,15,21). The highest BCUT2D eigenvalue weighted by Crippen LogP contribution is 2.12. The van der Waals surface area contributed by atoms with Crippen LogP contribution in [0.5, 0.6) is 0 Å². The predicted octanol–water partition coefficient (Wildman–Crippen LogP) is 0.713. The summed E-state index contributed by atoms with van der Waals surface area (Å²) in [6, 6.07) is 4.06. The molecule has 0 radical (unpaired) electrons. The van der Waals surface area contributed by atoms with Crippen molar-refractivity contribution in [2.75, 3.05) is 0 Å². The Balaban J connectivity index is 2.10. The van der Waals surface area contributed by atoms with Crippen LogP contribution in [0.3, 0.4) is 0 Å². The zero-order chi connectivity index (χ0) is 15.0. The highest BCUT2D eigenvalue weighted by molar-refractivity contribution is 7.80. The Bertz CT molecular complexity index is 901. The van der Waals surface area contributed by atoms with Crippen LogP contribution in [-0.4, -0.2) is 24.2 Å². The van der Waals surface area contributed by atoms with E-state index in [1.54, 1.807) is 0 Å². The second-order valence-electron chi connectivity index (χ2n) is 4.41. The van der Waals surface area contributed by atoms with Gasteiger partial charge >= 0.3 is 5.69 Å². The third-order valence-corrected chi connectivity index (χ3v) is 3.26. The first-order chi connectivity index (χ1) is 10.1. The van der Waals surface area contributed by atoms with Gasteiger partial charge in [-0.3, -0.25) is 4.98 Å². The molecule has 0 aliphatic rings. The van der Waals surface area contributed by atoms with Crippen molar-refractivity contribution in [3.63, 3.8) is 0 Å². The molecule has 2 aromatic heterocycles. The molecule has 8 heteroatoms. The van der Waals surface area contributed by atoms with Gasteiger partial charge in [0.05, 0.1) is 12.7 Å². The number of rotatable bonds is 3. The van der Waals surface area contributed by atoms with Crippen molar-refractivity contribution in [1.29, 1.82) is 0 Å². The molecule has 6 nitrogen and oxygen atoms in total. The maximum Gasteiger partial charge on any atom is 0.350 e. The summed E-state index contributed by atoms with van der Waals surface area (Å²) in [7, 11) is 0. The van der Waals surface area contributed by atoms with Crippen molar-refractivity contribution in [2.45, 2.75) is 6.54 Å². The lowest BCUT2D eigenvalue weighted by Gasteiger charge is -2.07. The third kappa shape index (κ3) is 2.40. The minimum Gasteiger partial charge on any atom is -0.389 e. The van der Waals surface area contributed by atoms with Crippen molar-refractivity contribution < 1.29 is 4.39 Å². The molecule has 21 heavy (non-hydrogen) atoms. The molecule has 2 heterocycles. The van der Waals surface area contributed by atoms with Gasteiger partial charge in [-0.1, -0.05) is 12.2 Å². The van der Waals surface area contributed by atoms with E-state index in [0.717, 1.165) is 0 Å². The second-order valence-corrected chi connectivity index (χ2v) is 4.85. The summed E-state index contributed by atoms with van der Waals surface area (Å²) in [4.78, 5) is 16.2. The first-order valence-corrected chi connectivity index (χ1v) is 6.44. The summed E-state index contributed by atoms with van der Waals surface area (Å²) in [6.07, 6.45) is 4.47. The van der Waals surface area contributed by atoms with Crippen LogP contribution in [0.25, 0.3) is 5.65 Å². The van der Waals surface area contributed by atoms with E-state index < -0.39 is 5.82 Å². The second kappa shape index (κ2) is 5.06. The molecule has 0 aliphatic heterocycles. The van der Waals surface area contributed by atoms with Crippen LogP contribution in [0.15, 0.2) is 41.6 Å². The molecule has 106 valence electrons. The molecule has 0 bridgehead atoms. The van der Waals surface area contributed by atoms with Crippen LogP contribution in [0.4, 0.5) is 4.39 Å². The third-order valence-electron chi connectivity index (χ3n) is 3.04. The highest BCUT2D eigenvalue weighted by atomic mass is 32.1. The fourth-order valence-corrected chi connectivity index (χ4v) is 2.28. The molecular formula is C13H10FN5OS. The molecule has 0 saturated carbocycles. The van der Waals surface area contributed by atoms with E-state index in [-0.39, 0.29) is 17.2 Å². The highest BCUT2D eigenvalue weighted by Gasteiger charge is 2.11. The molecule has 1 aromatic carbocycles. The topological polar surface area (TPSA) is 78.2 Å². The SMILES string of the molecule is NC(=S)c1ccc(F)cc1Cn1nc2cnccn2c1=O. The van der Waals surface area contributed by atoms with Crippen molar-refractivity contribution in [3.8, 4) is 0 Å². The molecule has 2 N–H and O–H groups in total. The van der Waals surface area contributed by atoms with Gasteiger partial charge in [-0.15, -0.1) is 5.10 Å². The zero-order valence-electron chi connectivity index (χ0n) is 10.7. The maximum atomic E-state index is 13.4. The molecule has 0 spiro atoms. The normalized spacial score (nSPS) is 10.9. The molecular weight excluding hydrogens is 293 g/mol. The lowest BCUT2D eigenvalue weighted by Crippen LogP contribution is -2.23. The minimum atomic E-state index is -0.427. The minimum absolute atomic E-state index is 0.0744. The molecule has 0 atom stereocenters. The number of nitrogens with two attached hydrogens (primary N) is 1. The van der Waals surface area contributed by atoms with Gasteiger partial charge in [0.1, 0.15) is 10.8 Å². The van der Waals surface area contributed by atoms with E-state index in [9.17, 15) is 9.18 Å². The Hall–Kier alpha value is -2.61. The zero-order valence-corrected chi connectivity index (χ0v) is 11.5.